The summed E-state index contributed by atoms with van der Waals surface area (Å²) in [6.45, 7) is 0. The Labute approximate surface area is 89.2 Å². The number of nitrogens with zero attached hydrogens (tertiary/aromatic N) is 2. The SMILES string of the molecule is C1=C(n2cnc3ccccc32)CCCC1. The van der Waals surface area contributed by atoms with Crippen molar-refractivity contribution in [3.05, 3.63) is 36.7 Å². The lowest BCUT2D eigenvalue weighted by Crippen LogP contribution is -1.99. The molecule has 0 saturated heterocycles. The standard InChI is InChI=1S/C13H14N2/c1-2-6-11(7-3-1)15-10-14-12-8-4-5-9-13(12)15/h4-6,8-10H,1-3,7H2. The molecule has 1 aromatic heterocycles. The maximum atomic E-state index is 4.42. The fourth-order valence-corrected chi connectivity index (χ4v) is 2.23. The van der Waals surface area contributed by atoms with E-state index in [2.05, 4.69) is 33.8 Å². The second-order valence-corrected chi connectivity index (χ2v) is 4.04. The molecule has 2 heteroatoms. The lowest BCUT2D eigenvalue weighted by atomic mass is 10.0. The van der Waals surface area contributed by atoms with Crippen LogP contribution < -0.4 is 0 Å². The van der Waals surface area contributed by atoms with Gasteiger partial charge in [-0.3, -0.25) is 0 Å². The van der Waals surface area contributed by atoms with Gasteiger partial charge in [-0.25, -0.2) is 4.98 Å². The van der Waals surface area contributed by atoms with E-state index >= 15 is 0 Å². The summed E-state index contributed by atoms with van der Waals surface area (Å²) >= 11 is 0. The van der Waals surface area contributed by atoms with Crippen LogP contribution in [0.1, 0.15) is 25.7 Å². The molecule has 2 aromatic rings. The Morgan fingerprint density at radius 1 is 1.13 bits per heavy atom. The molecule has 3 rings (SSSR count). The predicted molar refractivity (Wildman–Crippen MR) is 62.5 cm³/mol. The van der Waals surface area contributed by atoms with Crippen molar-refractivity contribution in [3.8, 4) is 0 Å². The first-order chi connectivity index (χ1) is 7.45. The highest BCUT2D eigenvalue weighted by atomic mass is 15.1. The zero-order chi connectivity index (χ0) is 10.1. The lowest BCUT2D eigenvalue weighted by Gasteiger charge is -2.14. The monoisotopic (exact) mass is 198 g/mol. The van der Waals surface area contributed by atoms with Crippen molar-refractivity contribution in [3.63, 3.8) is 0 Å². The quantitative estimate of drug-likeness (QED) is 0.686. The highest BCUT2D eigenvalue weighted by molar-refractivity contribution is 5.79. The molecule has 1 aliphatic rings. The third-order valence-corrected chi connectivity index (χ3v) is 3.03. The summed E-state index contributed by atoms with van der Waals surface area (Å²) < 4.78 is 2.23. The number of hydrogen-bond donors (Lipinski definition) is 0. The first kappa shape index (κ1) is 8.72. The largest absolute Gasteiger partial charge is 0.303 e. The van der Waals surface area contributed by atoms with E-state index < -0.39 is 0 Å². The van der Waals surface area contributed by atoms with Crippen molar-refractivity contribution < 1.29 is 0 Å². The van der Waals surface area contributed by atoms with Crippen LogP contribution in [-0.2, 0) is 0 Å². The van der Waals surface area contributed by atoms with E-state index in [0.717, 1.165) is 5.52 Å². The number of para-hydroxylation sites is 2. The van der Waals surface area contributed by atoms with Gasteiger partial charge in [0.05, 0.1) is 11.0 Å². The van der Waals surface area contributed by atoms with Gasteiger partial charge in [0.1, 0.15) is 6.33 Å². The highest BCUT2D eigenvalue weighted by Gasteiger charge is 2.08. The minimum absolute atomic E-state index is 1.09. The van der Waals surface area contributed by atoms with Crippen LogP contribution in [0.4, 0.5) is 0 Å². The summed E-state index contributed by atoms with van der Waals surface area (Å²) in [5.41, 5.74) is 3.73. The number of imidazole rings is 1. The number of benzene rings is 1. The summed E-state index contributed by atoms with van der Waals surface area (Å²) in [5.74, 6) is 0. The van der Waals surface area contributed by atoms with E-state index in [1.165, 1.54) is 36.9 Å². The fourth-order valence-electron chi connectivity index (χ4n) is 2.23. The van der Waals surface area contributed by atoms with E-state index in [-0.39, 0.29) is 0 Å². The zero-order valence-electron chi connectivity index (χ0n) is 8.69. The summed E-state index contributed by atoms with van der Waals surface area (Å²) in [6.07, 6.45) is 9.32. The van der Waals surface area contributed by atoms with Gasteiger partial charge >= 0.3 is 0 Å². The van der Waals surface area contributed by atoms with Gasteiger partial charge < -0.3 is 4.57 Å². The van der Waals surface area contributed by atoms with Crippen LogP contribution in [0.25, 0.3) is 16.7 Å². The fraction of sp³-hybridized carbons (Fsp3) is 0.308. The Hall–Kier alpha value is -1.57. The molecule has 0 saturated carbocycles. The number of rotatable bonds is 1. The van der Waals surface area contributed by atoms with E-state index in [1.807, 2.05) is 12.4 Å². The Morgan fingerprint density at radius 2 is 2.07 bits per heavy atom. The van der Waals surface area contributed by atoms with Crippen LogP contribution >= 0.6 is 0 Å². The summed E-state index contributed by atoms with van der Waals surface area (Å²) in [4.78, 5) is 4.42. The Balaban J connectivity index is 2.14. The molecule has 0 spiro atoms. The zero-order valence-corrected chi connectivity index (χ0v) is 8.69. The summed E-state index contributed by atoms with van der Waals surface area (Å²) in [7, 11) is 0. The van der Waals surface area contributed by atoms with Crippen LogP contribution in [0.2, 0.25) is 0 Å². The number of aromatic nitrogens is 2. The van der Waals surface area contributed by atoms with Gasteiger partial charge in [-0.15, -0.1) is 0 Å². The van der Waals surface area contributed by atoms with Crippen LogP contribution in [0.3, 0.4) is 0 Å². The topological polar surface area (TPSA) is 17.8 Å². The van der Waals surface area contributed by atoms with Crippen molar-refractivity contribution in [1.29, 1.82) is 0 Å². The minimum atomic E-state index is 1.09. The van der Waals surface area contributed by atoms with Gasteiger partial charge in [-0.05, 0) is 37.8 Å². The second-order valence-electron chi connectivity index (χ2n) is 4.04. The molecule has 1 aliphatic carbocycles. The molecule has 76 valence electrons. The van der Waals surface area contributed by atoms with Gasteiger partial charge in [0.15, 0.2) is 0 Å². The molecule has 0 unspecified atom stereocenters. The molecular formula is C13H14N2. The average molecular weight is 198 g/mol. The molecule has 1 heterocycles. The smallest absolute Gasteiger partial charge is 0.100 e. The van der Waals surface area contributed by atoms with Crippen molar-refractivity contribution in [2.45, 2.75) is 25.7 Å². The Morgan fingerprint density at radius 3 is 2.93 bits per heavy atom. The third-order valence-electron chi connectivity index (χ3n) is 3.03. The minimum Gasteiger partial charge on any atom is -0.303 e. The highest BCUT2D eigenvalue weighted by Crippen LogP contribution is 2.25. The van der Waals surface area contributed by atoms with Crippen molar-refractivity contribution in [1.82, 2.24) is 9.55 Å². The van der Waals surface area contributed by atoms with E-state index in [4.69, 9.17) is 0 Å². The van der Waals surface area contributed by atoms with Crippen LogP contribution in [-0.4, -0.2) is 9.55 Å². The third kappa shape index (κ3) is 1.46. The number of fused-ring (bicyclic) bond motifs is 1. The molecule has 0 aliphatic heterocycles. The summed E-state index contributed by atoms with van der Waals surface area (Å²) in [5, 5.41) is 0. The number of allylic oxidation sites excluding steroid dienone is 2. The van der Waals surface area contributed by atoms with E-state index in [0.29, 0.717) is 0 Å². The van der Waals surface area contributed by atoms with Crippen LogP contribution in [0.15, 0.2) is 36.7 Å². The average Bonchev–Trinajstić information content (AvgIpc) is 2.74. The first-order valence-corrected chi connectivity index (χ1v) is 5.57. The van der Waals surface area contributed by atoms with Gasteiger partial charge in [-0.1, -0.05) is 18.2 Å². The molecule has 0 atom stereocenters. The van der Waals surface area contributed by atoms with Crippen LogP contribution in [0.5, 0.6) is 0 Å². The predicted octanol–water partition coefficient (Wildman–Crippen LogP) is 3.45. The van der Waals surface area contributed by atoms with E-state index in [1.54, 1.807) is 0 Å². The first-order valence-electron chi connectivity index (χ1n) is 5.57. The molecule has 2 nitrogen and oxygen atoms in total. The Bertz CT molecular complexity index is 508. The van der Waals surface area contributed by atoms with Crippen molar-refractivity contribution in [2.75, 3.05) is 0 Å². The molecule has 0 N–H and O–H groups in total. The number of hydrogen-bond acceptors (Lipinski definition) is 1. The molecule has 15 heavy (non-hydrogen) atoms. The van der Waals surface area contributed by atoms with Crippen LogP contribution in [0, 0.1) is 0 Å². The van der Waals surface area contributed by atoms with E-state index in [9.17, 15) is 0 Å². The summed E-state index contributed by atoms with van der Waals surface area (Å²) in [6, 6.07) is 8.31. The maximum absolute atomic E-state index is 4.42. The van der Waals surface area contributed by atoms with Gasteiger partial charge in [0, 0.05) is 5.70 Å². The maximum Gasteiger partial charge on any atom is 0.100 e. The molecule has 0 amide bonds. The van der Waals surface area contributed by atoms with Crippen molar-refractivity contribution in [2.24, 2.45) is 0 Å². The van der Waals surface area contributed by atoms with Gasteiger partial charge in [-0.2, -0.15) is 0 Å². The normalized spacial score (nSPS) is 16.7. The van der Waals surface area contributed by atoms with Gasteiger partial charge in [0.2, 0.25) is 0 Å². The molecule has 0 fully saturated rings. The molecule has 0 radical (unpaired) electrons. The molecule has 1 aromatic carbocycles. The molecular weight excluding hydrogens is 184 g/mol. The van der Waals surface area contributed by atoms with Crippen molar-refractivity contribution >= 4 is 16.7 Å². The lowest BCUT2D eigenvalue weighted by molar-refractivity contribution is 0.720. The molecule has 0 bridgehead atoms. The van der Waals surface area contributed by atoms with Gasteiger partial charge in [0.25, 0.3) is 0 Å². The Kier molecular flexibility index (Phi) is 2.05. The second kappa shape index (κ2) is 3.54.